The predicted octanol–water partition coefficient (Wildman–Crippen LogP) is -0.00710. The van der Waals surface area contributed by atoms with Gasteiger partial charge in [0.1, 0.15) is 0 Å². The molecule has 2 N–H and O–H groups in total. The van der Waals surface area contributed by atoms with Gasteiger partial charge in [0.25, 0.3) is 0 Å². The van der Waals surface area contributed by atoms with Gasteiger partial charge < -0.3 is 15.3 Å². The highest BCUT2D eigenvalue weighted by Gasteiger charge is 2.09. The molecule has 0 unspecified atom stereocenters. The van der Waals surface area contributed by atoms with E-state index >= 15 is 0 Å². The number of aliphatic hydroxyl groups excluding tert-OH is 1. The predicted molar refractivity (Wildman–Crippen MR) is 57.0 cm³/mol. The van der Waals surface area contributed by atoms with Gasteiger partial charge >= 0.3 is 0 Å². The van der Waals surface area contributed by atoms with Crippen LogP contribution in [0, 0.1) is 0 Å². The first kappa shape index (κ1) is 13.1. The molecule has 0 aliphatic heterocycles. The van der Waals surface area contributed by atoms with Gasteiger partial charge in [-0.3, -0.25) is 4.79 Å². The lowest BCUT2D eigenvalue weighted by Crippen LogP contribution is -2.35. The van der Waals surface area contributed by atoms with Gasteiger partial charge in [0, 0.05) is 26.1 Å². The van der Waals surface area contributed by atoms with Crippen LogP contribution in [0.1, 0.15) is 13.3 Å². The standard InChI is InChI=1S/C10H20N2O2/c1-3-7-12(8-9-13)10(14)5-6-11-4-2/h3,11,13H,1,4-9H2,2H3. The lowest BCUT2D eigenvalue weighted by atomic mass is 10.3. The fourth-order valence-corrected chi connectivity index (χ4v) is 1.12. The Kier molecular flexibility index (Phi) is 8.17. The van der Waals surface area contributed by atoms with Crippen LogP contribution in [0.15, 0.2) is 12.7 Å². The van der Waals surface area contributed by atoms with Crippen molar-refractivity contribution in [1.82, 2.24) is 10.2 Å². The number of nitrogens with one attached hydrogen (secondary N) is 1. The van der Waals surface area contributed by atoms with Gasteiger partial charge in [-0.25, -0.2) is 0 Å². The van der Waals surface area contributed by atoms with Crippen molar-refractivity contribution in [1.29, 1.82) is 0 Å². The molecule has 0 heterocycles. The van der Waals surface area contributed by atoms with Crippen LogP contribution in [0.25, 0.3) is 0 Å². The third kappa shape index (κ3) is 5.72. The van der Waals surface area contributed by atoms with Crippen LogP contribution < -0.4 is 5.32 Å². The molecule has 0 saturated heterocycles. The smallest absolute Gasteiger partial charge is 0.224 e. The monoisotopic (exact) mass is 200 g/mol. The molecule has 0 aliphatic rings. The molecule has 0 aromatic carbocycles. The van der Waals surface area contributed by atoms with Crippen LogP contribution in [0.3, 0.4) is 0 Å². The average Bonchev–Trinajstić information content (AvgIpc) is 2.18. The Morgan fingerprint density at radius 3 is 2.86 bits per heavy atom. The van der Waals surface area contributed by atoms with Gasteiger partial charge in [-0.2, -0.15) is 0 Å². The summed E-state index contributed by atoms with van der Waals surface area (Å²) < 4.78 is 0. The van der Waals surface area contributed by atoms with Crippen LogP contribution >= 0.6 is 0 Å². The van der Waals surface area contributed by atoms with Gasteiger partial charge in [0.05, 0.1) is 6.61 Å². The van der Waals surface area contributed by atoms with E-state index in [0.29, 0.717) is 26.1 Å². The van der Waals surface area contributed by atoms with Gasteiger partial charge in [-0.05, 0) is 6.54 Å². The molecule has 0 saturated carbocycles. The molecule has 1 amide bonds. The largest absolute Gasteiger partial charge is 0.395 e. The molecule has 0 rings (SSSR count). The minimum atomic E-state index is 0.000780. The molecule has 0 radical (unpaired) electrons. The zero-order chi connectivity index (χ0) is 10.8. The lowest BCUT2D eigenvalue weighted by molar-refractivity contribution is -0.131. The summed E-state index contributed by atoms with van der Waals surface area (Å²) in [5.74, 6) is 0.0555. The quantitative estimate of drug-likeness (QED) is 0.428. The van der Waals surface area contributed by atoms with Crippen LogP contribution in [0.4, 0.5) is 0 Å². The topological polar surface area (TPSA) is 52.6 Å². The summed E-state index contributed by atoms with van der Waals surface area (Å²) in [7, 11) is 0. The molecule has 0 bridgehead atoms. The third-order valence-corrected chi connectivity index (χ3v) is 1.84. The van der Waals surface area contributed by atoms with Crippen LogP contribution in [0.5, 0.6) is 0 Å². The zero-order valence-electron chi connectivity index (χ0n) is 8.83. The molecule has 0 fully saturated rings. The van der Waals surface area contributed by atoms with E-state index in [2.05, 4.69) is 11.9 Å². The molecule has 0 atom stereocenters. The van der Waals surface area contributed by atoms with Crippen molar-refractivity contribution in [3.05, 3.63) is 12.7 Å². The molecular weight excluding hydrogens is 180 g/mol. The maximum absolute atomic E-state index is 11.5. The van der Waals surface area contributed by atoms with Crippen molar-refractivity contribution in [3.63, 3.8) is 0 Å². The summed E-state index contributed by atoms with van der Waals surface area (Å²) in [6.07, 6.45) is 2.14. The van der Waals surface area contributed by atoms with E-state index in [1.54, 1.807) is 11.0 Å². The highest BCUT2D eigenvalue weighted by Crippen LogP contribution is 1.93. The molecule has 14 heavy (non-hydrogen) atoms. The van der Waals surface area contributed by atoms with E-state index in [1.807, 2.05) is 6.92 Å². The number of nitrogens with zero attached hydrogens (tertiary/aromatic N) is 1. The minimum Gasteiger partial charge on any atom is -0.395 e. The Morgan fingerprint density at radius 1 is 1.64 bits per heavy atom. The fraction of sp³-hybridized carbons (Fsp3) is 0.700. The van der Waals surface area contributed by atoms with E-state index in [0.717, 1.165) is 6.54 Å². The lowest BCUT2D eigenvalue weighted by Gasteiger charge is -2.19. The highest BCUT2D eigenvalue weighted by molar-refractivity contribution is 5.76. The Balaban J connectivity index is 3.81. The molecule has 4 nitrogen and oxygen atoms in total. The first-order chi connectivity index (χ1) is 6.76. The van der Waals surface area contributed by atoms with E-state index < -0.39 is 0 Å². The third-order valence-electron chi connectivity index (χ3n) is 1.84. The summed E-state index contributed by atoms with van der Waals surface area (Å²) in [5, 5.41) is 11.8. The average molecular weight is 200 g/mol. The Labute approximate surface area is 85.6 Å². The number of hydrogen-bond acceptors (Lipinski definition) is 3. The Hall–Kier alpha value is -0.870. The second-order valence-electron chi connectivity index (χ2n) is 2.96. The van der Waals surface area contributed by atoms with Crippen LogP contribution in [-0.2, 0) is 4.79 Å². The minimum absolute atomic E-state index is 0.000780. The van der Waals surface area contributed by atoms with Gasteiger partial charge in [-0.15, -0.1) is 6.58 Å². The molecule has 0 aliphatic carbocycles. The van der Waals surface area contributed by atoms with Crippen LogP contribution in [0.2, 0.25) is 0 Å². The fourth-order valence-electron chi connectivity index (χ4n) is 1.12. The van der Waals surface area contributed by atoms with E-state index in [1.165, 1.54) is 0 Å². The van der Waals surface area contributed by atoms with Crippen molar-refractivity contribution in [3.8, 4) is 0 Å². The zero-order valence-corrected chi connectivity index (χ0v) is 8.83. The van der Waals surface area contributed by atoms with E-state index in [-0.39, 0.29) is 12.5 Å². The number of rotatable bonds is 8. The first-order valence-corrected chi connectivity index (χ1v) is 4.96. The van der Waals surface area contributed by atoms with Gasteiger partial charge in [0.15, 0.2) is 0 Å². The number of amides is 1. The van der Waals surface area contributed by atoms with E-state index in [9.17, 15) is 4.79 Å². The number of carbonyl (C=O) groups excluding carboxylic acids is 1. The normalized spacial score (nSPS) is 9.86. The maximum Gasteiger partial charge on any atom is 0.224 e. The van der Waals surface area contributed by atoms with Gasteiger partial charge in [-0.1, -0.05) is 13.0 Å². The summed E-state index contributed by atoms with van der Waals surface area (Å²) >= 11 is 0. The second-order valence-corrected chi connectivity index (χ2v) is 2.96. The number of aliphatic hydroxyl groups is 1. The summed E-state index contributed by atoms with van der Waals surface area (Å²) in [5.41, 5.74) is 0. The van der Waals surface area contributed by atoms with Crippen LogP contribution in [-0.4, -0.2) is 48.7 Å². The second kappa shape index (κ2) is 8.72. The van der Waals surface area contributed by atoms with Crippen molar-refractivity contribution in [2.75, 3.05) is 32.8 Å². The molecule has 0 aromatic rings. The maximum atomic E-state index is 11.5. The summed E-state index contributed by atoms with van der Waals surface area (Å²) in [6, 6.07) is 0. The molecule has 82 valence electrons. The summed E-state index contributed by atoms with van der Waals surface area (Å²) in [6.45, 7) is 8.02. The van der Waals surface area contributed by atoms with Crippen molar-refractivity contribution in [2.24, 2.45) is 0 Å². The molecule has 0 spiro atoms. The SMILES string of the molecule is C=CCN(CCO)C(=O)CCNCC. The molecule has 4 heteroatoms. The van der Waals surface area contributed by atoms with Crippen molar-refractivity contribution >= 4 is 5.91 Å². The van der Waals surface area contributed by atoms with E-state index in [4.69, 9.17) is 5.11 Å². The number of hydrogen-bond donors (Lipinski definition) is 2. The molecule has 0 aromatic heterocycles. The van der Waals surface area contributed by atoms with Crippen molar-refractivity contribution in [2.45, 2.75) is 13.3 Å². The Morgan fingerprint density at radius 2 is 2.36 bits per heavy atom. The van der Waals surface area contributed by atoms with Gasteiger partial charge in [0.2, 0.25) is 5.91 Å². The molecular formula is C10H20N2O2. The Bertz CT molecular complexity index is 172. The summed E-state index contributed by atoms with van der Waals surface area (Å²) in [4.78, 5) is 13.1. The highest BCUT2D eigenvalue weighted by atomic mass is 16.3. The number of carbonyl (C=O) groups is 1. The van der Waals surface area contributed by atoms with Crippen molar-refractivity contribution < 1.29 is 9.90 Å². The first-order valence-electron chi connectivity index (χ1n) is 4.96.